The summed E-state index contributed by atoms with van der Waals surface area (Å²) >= 11 is 5.79. The number of benzene rings is 2. The number of ether oxygens (including phenoxy) is 1. The van der Waals surface area contributed by atoms with Crippen molar-refractivity contribution in [2.45, 2.75) is 24.6 Å². The number of fused-ring (bicyclic) bond motifs is 2. The van der Waals surface area contributed by atoms with Crippen LogP contribution in [0.3, 0.4) is 0 Å². The number of amides is 4. The highest BCUT2D eigenvalue weighted by Gasteiger charge is 2.44. The maximum Gasteiger partial charge on any atom is 0.321 e. The lowest BCUT2D eigenvalue weighted by Gasteiger charge is -2.39. The van der Waals surface area contributed by atoms with Crippen LogP contribution in [0.5, 0.6) is 5.75 Å². The molecule has 32 heavy (non-hydrogen) atoms. The van der Waals surface area contributed by atoms with Gasteiger partial charge in [0.1, 0.15) is 13.3 Å². The molecule has 1 atom stereocenters. The van der Waals surface area contributed by atoms with Gasteiger partial charge in [0.25, 0.3) is 0 Å². The molecule has 0 saturated carbocycles. The summed E-state index contributed by atoms with van der Waals surface area (Å²) in [6, 6.07) is 5.88. The average Bonchev–Trinajstić information content (AvgIpc) is 2.77. The Bertz CT molecular complexity index is 1080. The van der Waals surface area contributed by atoms with Crippen molar-refractivity contribution in [3.63, 3.8) is 0 Å². The number of nitrogens with zero attached hydrogens (tertiary/aromatic N) is 1. The maximum absolute atomic E-state index is 14.5. The molecule has 0 fully saturated rings. The minimum Gasteiger partial charge on any atom is -0.478 e. The van der Waals surface area contributed by atoms with Gasteiger partial charge in [0.2, 0.25) is 0 Å². The lowest BCUT2D eigenvalue weighted by Crippen LogP contribution is -2.49. The van der Waals surface area contributed by atoms with Crippen LogP contribution >= 0.6 is 11.6 Å². The first-order valence-electron chi connectivity index (χ1n) is 9.76. The van der Waals surface area contributed by atoms with Crippen LogP contribution in [0.2, 0.25) is 5.02 Å². The summed E-state index contributed by atoms with van der Waals surface area (Å²) in [6.45, 7) is -2.00. The lowest BCUT2D eigenvalue weighted by atomic mass is 9.88. The van der Waals surface area contributed by atoms with Crippen LogP contribution in [0, 0.1) is 5.82 Å². The van der Waals surface area contributed by atoms with E-state index in [9.17, 15) is 22.8 Å². The second-order valence-corrected chi connectivity index (χ2v) is 8.25. The highest BCUT2D eigenvalue weighted by atomic mass is 35.5. The van der Waals surface area contributed by atoms with E-state index >= 15 is 0 Å². The van der Waals surface area contributed by atoms with Gasteiger partial charge < -0.3 is 25.6 Å². The first-order chi connectivity index (χ1) is 15.2. The van der Waals surface area contributed by atoms with Crippen LogP contribution in [0.4, 0.5) is 34.1 Å². The quantitative estimate of drug-likeness (QED) is 0.604. The molecule has 0 bridgehead atoms. The zero-order valence-electron chi connectivity index (χ0n) is 17.0. The van der Waals surface area contributed by atoms with Crippen molar-refractivity contribution in [1.82, 2.24) is 10.2 Å². The summed E-state index contributed by atoms with van der Waals surface area (Å²) in [4.78, 5) is 26.0. The van der Waals surface area contributed by atoms with Gasteiger partial charge in [0, 0.05) is 37.0 Å². The van der Waals surface area contributed by atoms with E-state index in [1.807, 2.05) is 0 Å². The van der Waals surface area contributed by atoms with Gasteiger partial charge in [0.05, 0.1) is 11.1 Å². The van der Waals surface area contributed by atoms with Crippen molar-refractivity contribution >= 4 is 35.0 Å². The zero-order valence-corrected chi connectivity index (χ0v) is 17.7. The molecule has 3 N–H and O–H groups in total. The average molecular weight is 469 g/mol. The largest absolute Gasteiger partial charge is 0.478 e. The fourth-order valence-corrected chi connectivity index (χ4v) is 3.91. The Morgan fingerprint density at radius 2 is 2.06 bits per heavy atom. The Hall–Kier alpha value is -3.14. The number of nitrogens with one attached hydrogen (secondary N) is 3. The molecule has 2 aliphatic heterocycles. The van der Waals surface area contributed by atoms with Crippen molar-refractivity contribution in [1.29, 1.82) is 0 Å². The van der Waals surface area contributed by atoms with Crippen LogP contribution in [0.15, 0.2) is 30.3 Å². The van der Waals surface area contributed by atoms with Crippen molar-refractivity contribution in [3.8, 4) is 5.75 Å². The van der Waals surface area contributed by atoms with Crippen LogP contribution < -0.4 is 20.7 Å². The number of halogens is 4. The van der Waals surface area contributed by atoms with Crippen molar-refractivity contribution in [2.75, 3.05) is 31.0 Å². The van der Waals surface area contributed by atoms with Crippen LogP contribution in [0.25, 0.3) is 0 Å². The Morgan fingerprint density at radius 1 is 1.31 bits per heavy atom. The molecule has 11 heteroatoms. The normalized spacial score (nSPS) is 18.7. The predicted octanol–water partition coefficient (Wildman–Crippen LogP) is 4.78. The minimum atomic E-state index is -1.93. The molecule has 4 rings (SSSR count). The number of alkyl halides is 2. The smallest absolute Gasteiger partial charge is 0.321 e. The third-order valence-corrected chi connectivity index (χ3v) is 5.80. The fraction of sp³-hybridized carbons (Fsp3) is 0.333. The summed E-state index contributed by atoms with van der Waals surface area (Å²) in [5.74, 6) is -1.33. The molecule has 0 aliphatic carbocycles. The highest BCUT2D eigenvalue weighted by Crippen LogP contribution is 2.43. The van der Waals surface area contributed by atoms with E-state index in [1.54, 1.807) is 25.2 Å². The Balaban J connectivity index is 1.55. The second kappa shape index (κ2) is 8.42. The monoisotopic (exact) mass is 468 g/mol. The number of anilines is 2. The van der Waals surface area contributed by atoms with E-state index in [4.69, 9.17) is 16.3 Å². The summed E-state index contributed by atoms with van der Waals surface area (Å²) in [6.07, 6.45) is -0.242. The molecule has 2 aliphatic rings. The van der Waals surface area contributed by atoms with E-state index in [-0.39, 0.29) is 28.8 Å². The molecule has 0 radical (unpaired) electrons. The molecule has 170 valence electrons. The van der Waals surface area contributed by atoms with Gasteiger partial charge >= 0.3 is 12.1 Å². The predicted molar refractivity (Wildman–Crippen MR) is 113 cm³/mol. The van der Waals surface area contributed by atoms with Crippen molar-refractivity contribution in [3.05, 3.63) is 52.3 Å². The van der Waals surface area contributed by atoms with Gasteiger partial charge in [-0.15, -0.1) is 0 Å². The van der Waals surface area contributed by atoms with Gasteiger partial charge in [-0.25, -0.2) is 22.8 Å². The van der Waals surface area contributed by atoms with Crippen LogP contribution in [0.1, 0.15) is 23.6 Å². The Morgan fingerprint density at radius 3 is 2.78 bits per heavy atom. The first-order valence-corrected chi connectivity index (χ1v) is 10.1. The summed E-state index contributed by atoms with van der Waals surface area (Å²) in [5.41, 5.74) is 0.120. The third kappa shape index (κ3) is 4.02. The Kier molecular flexibility index (Phi) is 5.81. The van der Waals surface area contributed by atoms with Crippen molar-refractivity contribution < 1.29 is 27.5 Å². The molecule has 0 aromatic heterocycles. The molecule has 2 heterocycles. The summed E-state index contributed by atoms with van der Waals surface area (Å²) in [7, 11) is 1.66. The lowest BCUT2D eigenvalue weighted by molar-refractivity contribution is -0.0136. The number of carbonyl (C=O) groups excluding carboxylic acids is 2. The summed E-state index contributed by atoms with van der Waals surface area (Å²) < 4.78 is 47.1. The Labute approximate surface area is 186 Å². The van der Waals surface area contributed by atoms with E-state index in [1.165, 1.54) is 17.0 Å². The topological polar surface area (TPSA) is 82.7 Å². The highest BCUT2D eigenvalue weighted by molar-refractivity contribution is 6.30. The van der Waals surface area contributed by atoms with Gasteiger partial charge in [-0.1, -0.05) is 23.7 Å². The molecule has 4 amide bonds. The number of hydrogen-bond acceptors (Lipinski definition) is 3. The molecule has 0 spiro atoms. The fourth-order valence-electron chi connectivity index (χ4n) is 3.77. The summed E-state index contributed by atoms with van der Waals surface area (Å²) in [5, 5.41) is 7.70. The van der Waals surface area contributed by atoms with E-state index in [0.717, 1.165) is 5.56 Å². The van der Waals surface area contributed by atoms with Crippen LogP contribution in [-0.4, -0.2) is 43.0 Å². The van der Waals surface area contributed by atoms with Gasteiger partial charge in [-0.2, -0.15) is 0 Å². The molecule has 2 aromatic rings. The molecular weight excluding hydrogens is 449 g/mol. The minimum absolute atomic E-state index is 0.223. The second-order valence-electron chi connectivity index (χ2n) is 7.85. The number of urea groups is 2. The maximum atomic E-state index is 14.5. The van der Waals surface area contributed by atoms with Gasteiger partial charge in [0.15, 0.2) is 17.2 Å². The van der Waals surface area contributed by atoms with Crippen molar-refractivity contribution in [2.24, 2.45) is 0 Å². The molecular formula is C21H20ClF3N4O3. The van der Waals surface area contributed by atoms with E-state index < -0.39 is 36.8 Å². The number of carbonyl (C=O) groups is 2. The van der Waals surface area contributed by atoms with Gasteiger partial charge in [-0.05, 0) is 23.8 Å². The first kappa shape index (κ1) is 22.1. The van der Waals surface area contributed by atoms with E-state index in [2.05, 4.69) is 16.0 Å². The number of rotatable bonds is 4. The van der Waals surface area contributed by atoms with Gasteiger partial charge in [-0.3, -0.25) is 0 Å². The number of hydrogen-bond donors (Lipinski definition) is 3. The standard InChI is InChI=1S/C21H20ClF3N4O3/c1-29-8-11-2-3-12(6-15(11)28-20(29)31)26-19(30)27-16-7-21(9-23,10-24)32-18-13(16)4-5-14(22)17(18)25/h2-6,16H,7-10H2,1H3,(H,28,31)(H2,26,27,30)/t16-/m1/s1. The molecule has 2 aromatic carbocycles. The zero-order chi connectivity index (χ0) is 23.0. The third-order valence-electron chi connectivity index (χ3n) is 5.51. The molecule has 0 saturated heterocycles. The molecule has 7 nitrogen and oxygen atoms in total. The molecule has 0 unspecified atom stereocenters. The van der Waals surface area contributed by atoms with Crippen LogP contribution in [-0.2, 0) is 6.54 Å². The van der Waals surface area contributed by atoms with E-state index in [0.29, 0.717) is 17.9 Å². The SMILES string of the molecule is CN1Cc2ccc(NC(=O)N[C@@H]3CC(CF)(CF)Oc4c3ccc(Cl)c4F)cc2NC1=O.